The average molecular weight is 737 g/mol. The van der Waals surface area contributed by atoms with Gasteiger partial charge in [-0.1, -0.05) is 60.7 Å². The topological polar surface area (TPSA) is 145 Å². The molecule has 0 unspecified atom stereocenters. The van der Waals surface area contributed by atoms with Crippen LogP contribution in [-0.2, 0) is 41.7 Å². The number of nitrogens with one attached hydrogen (secondary N) is 2. The number of amides is 2. The van der Waals surface area contributed by atoms with Crippen molar-refractivity contribution in [2.24, 2.45) is 0 Å². The van der Waals surface area contributed by atoms with Crippen molar-refractivity contribution in [3.05, 3.63) is 142 Å². The molecule has 0 bridgehead atoms. The molecule has 11 heteroatoms. The van der Waals surface area contributed by atoms with Gasteiger partial charge in [-0.3, -0.25) is 9.59 Å². The first kappa shape index (κ1) is 40.0. The highest BCUT2D eigenvalue weighted by atomic mass is 32.2. The minimum atomic E-state index is -4.30. The Kier molecular flexibility index (Phi) is 12.9. The van der Waals surface area contributed by atoms with E-state index in [1.165, 1.54) is 24.3 Å². The lowest BCUT2D eigenvalue weighted by atomic mass is 9.96. The van der Waals surface area contributed by atoms with Crippen molar-refractivity contribution in [1.82, 2.24) is 0 Å². The number of carbonyl (C=O) groups is 4. The monoisotopic (exact) mass is 736 g/mol. The molecule has 2 amide bonds. The summed E-state index contributed by atoms with van der Waals surface area (Å²) in [5.74, 6) is -2.03. The van der Waals surface area contributed by atoms with Crippen LogP contribution in [0, 0.1) is 27.7 Å². The molecule has 0 heterocycles. The van der Waals surface area contributed by atoms with Crippen LogP contribution in [0.1, 0.15) is 67.9 Å². The molecular formula is C42H44N2O8S. The van der Waals surface area contributed by atoms with Gasteiger partial charge in [0.25, 0.3) is 11.8 Å². The zero-order valence-electron chi connectivity index (χ0n) is 30.8. The fourth-order valence-corrected chi connectivity index (χ4v) is 7.29. The van der Waals surface area contributed by atoms with Crippen LogP contribution in [0.25, 0.3) is 0 Å². The number of para-hydroxylation sites is 2. The van der Waals surface area contributed by atoms with E-state index in [1.807, 2.05) is 26.0 Å². The third kappa shape index (κ3) is 9.75. The van der Waals surface area contributed by atoms with Gasteiger partial charge in [0, 0.05) is 35.1 Å². The first-order valence-electron chi connectivity index (χ1n) is 16.9. The first-order chi connectivity index (χ1) is 25.0. The van der Waals surface area contributed by atoms with E-state index >= 15 is 0 Å². The molecule has 0 aliphatic rings. The summed E-state index contributed by atoms with van der Waals surface area (Å²) in [6, 6.07) is 19.4. The number of sulfone groups is 1. The summed E-state index contributed by atoms with van der Waals surface area (Å²) in [6.07, 6.45) is 0.739. The quantitative estimate of drug-likeness (QED) is 0.0996. The highest BCUT2D eigenvalue weighted by Crippen LogP contribution is 2.33. The summed E-state index contributed by atoms with van der Waals surface area (Å²) in [4.78, 5) is 50.8. The van der Waals surface area contributed by atoms with Crippen LogP contribution in [0.3, 0.4) is 0 Å². The summed E-state index contributed by atoms with van der Waals surface area (Å²) in [5.41, 5.74) is 5.91. The number of aryl methyl sites for hydroxylation is 2. The maximum absolute atomic E-state index is 14.3. The van der Waals surface area contributed by atoms with E-state index in [2.05, 4.69) is 23.8 Å². The van der Waals surface area contributed by atoms with Crippen LogP contribution in [0.2, 0.25) is 0 Å². The number of anilines is 2. The molecule has 0 fully saturated rings. The van der Waals surface area contributed by atoms with Gasteiger partial charge in [-0.05, 0) is 100 Å². The van der Waals surface area contributed by atoms with Gasteiger partial charge < -0.3 is 20.1 Å². The summed E-state index contributed by atoms with van der Waals surface area (Å²) >= 11 is 0. The summed E-state index contributed by atoms with van der Waals surface area (Å²) in [6.45, 7) is 17.7. The van der Waals surface area contributed by atoms with E-state index in [9.17, 15) is 27.6 Å². The van der Waals surface area contributed by atoms with E-state index < -0.39 is 33.6 Å². The molecule has 276 valence electrons. The number of hydrogen-bond acceptors (Lipinski definition) is 8. The fraction of sp³-hybridized carbons (Fsp3) is 0.238. The lowest BCUT2D eigenvalue weighted by Gasteiger charge is -2.17. The molecule has 0 saturated heterocycles. The van der Waals surface area contributed by atoms with Crippen molar-refractivity contribution >= 4 is 45.0 Å². The standard InChI is InChI=1S/C42H44N2O8S/c1-25(2)41(47)51-19-17-31-21-27(5)23-33(29(31)7)39(45)43-35-13-9-11-15-37(35)53(49,50)38-16-12-10-14-36(38)44-40(46)34-24-28(6)22-32(30(34)8)18-20-52-42(48)26(3)4/h9-16,21-24H,1,3,17-20H2,2,4-8H3,(H,43,45)(H,44,46). The summed E-state index contributed by atoms with van der Waals surface area (Å²) in [7, 11) is -4.30. The van der Waals surface area contributed by atoms with Crippen LogP contribution >= 0.6 is 0 Å². The maximum Gasteiger partial charge on any atom is 0.333 e. The van der Waals surface area contributed by atoms with Gasteiger partial charge in [0.1, 0.15) is 0 Å². The van der Waals surface area contributed by atoms with Gasteiger partial charge in [-0.25, -0.2) is 18.0 Å². The zero-order chi connectivity index (χ0) is 39.0. The molecule has 4 rings (SSSR count). The Morgan fingerprint density at radius 1 is 0.604 bits per heavy atom. The molecule has 0 aliphatic carbocycles. The van der Waals surface area contributed by atoms with E-state index in [-0.39, 0.29) is 45.5 Å². The Labute approximate surface area is 310 Å². The number of ether oxygens (including phenoxy) is 2. The van der Waals surface area contributed by atoms with Crippen LogP contribution in [0.5, 0.6) is 0 Å². The third-order valence-corrected chi connectivity index (χ3v) is 10.4. The van der Waals surface area contributed by atoms with Crippen LogP contribution in [0.4, 0.5) is 11.4 Å². The van der Waals surface area contributed by atoms with Crippen LogP contribution in [-0.4, -0.2) is 45.4 Å². The van der Waals surface area contributed by atoms with Crippen molar-refractivity contribution in [3.8, 4) is 0 Å². The molecule has 4 aromatic rings. The van der Waals surface area contributed by atoms with Crippen LogP contribution < -0.4 is 10.6 Å². The average Bonchev–Trinajstić information content (AvgIpc) is 3.10. The second-order valence-corrected chi connectivity index (χ2v) is 14.8. The lowest BCUT2D eigenvalue weighted by molar-refractivity contribution is -0.139. The molecule has 2 N–H and O–H groups in total. The van der Waals surface area contributed by atoms with Crippen molar-refractivity contribution < 1.29 is 37.1 Å². The molecule has 0 aliphatic heterocycles. The maximum atomic E-state index is 14.3. The number of hydrogen-bond donors (Lipinski definition) is 2. The molecule has 0 radical (unpaired) electrons. The number of benzene rings is 4. The third-order valence-electron chi connectivity index (χ3n) is 8.56. The molecular weight excluding hydrogens is 693 g/mol. The minimum absolute atomic E-state index is 0.0583. The van der Waals surface area contributed by atoms with Crippen molar-refractivity contribution in [3.63, 3.8) is 0 Å². The Bertz CT molecular complexity index is 2090. The molecule has 4 aromatic carbocycles. The molecule has 0 saturated carbocycles. The predicted molar refractivity (Wildman–Crippen MR) is 205 cm³/mol. The van der Waals surface area contributed by atoms with Gasteiger partial charge in [0.15, 0.2) is 0 Å². The van der Waals surface area contributed by atoms with Crippen molar-refractivity contribution in [2.45, 2.75) is 64.2 Å². The zero-order valence-corrected chi connectivity index (χ0v) is 31.7. The Morgan fingerprint density at radius 2 is 0.962 bits per heavy atom. The van der Waals surface area contributed by atoms with Gasteiger partial charge in [-0.15, -0.1) is 0 Å². The van der Waals surface area contributed by atoms with Gasteiger partial charge in [0.2, 0.25) is 9.84 Å². The smallest absolute Gasteiger partial charge is 0.333 e. The minimum Gasteiger partial charge on any atom is -0.462 e. The second kappa shape index (κ2) is 17.1. The number of rotatable bonds is 14. The predicted octanol–water partition coefficient (Wildman–Crippen LogP) is 7.58. The SMILES string of the molecule is C=C(C)C(=O)OCCc1cc(C)cc(C(=O)Nc2ccccc2S(=O)(=O)c2ccccc2NC(=O)c2cc(C)cc(CCOC(=O)C(=C)C)c2C)c1C. The van der Waals surface area contributed by atoms with E-state index in [1.54, 1.807) is 64.1 Å². The van der Waals surface area contributed by atoms with E-state index in [0.29, 0.717) is 35.1 Å². The van der Waals surface area contributed by atoms with E-state index in [4.69, 9.17) is 9.47 Å². The summed E-state index contributed by atoms with van der Waals surface area (Å²) < 4.78 is 39.1. The van der Waals surface area contributed by atoms with Gasteiger partial charge in [0.05, 0.1) is 34.4 Å². The molecule has 0 atom stereocenters. The van der Waals surface area contributed by atoms with Crippen molar-refractivity contribution in [1.29, 1.82) is 0 Å². The normalized spacial score (nSPS) is 11.0. The van der Waals surface area contributed by atoms with E-state index in [0.717, 1.165) is 22.3 Å². The number of esters is 2. The Balaban J connectivity index is 1.60. The number of carbonyl (C=O) groups excluding carboxylic acids is 4. The molecule has 0 spiro atoms. The molecule has 10 nitrogen and oxygen atoms in total. The van der Waals surface area contributed by atoms with Crippen LogP contribution in [0.15, 0.2) is 107 Å². The largest absolute Gasteiger partial charge is 0.462 e. The second-order valence-electron chi connectivity index (χ2n) is 12.9. The lowest BCUT2D eigenvalue weighted by Crippen LogP contribution is -2.19. The Hall–Kier alpha value is -5.81. The molecule has 0 aromatic heterocycles. The molecule has 53 heavy (non-hydrogen) atoms. The van der Waals surface area contributed by atoms with Gasteiger partial charge in [-0.2, -0.15) is 0 Å². The highest BCUT2D eigenvalue weighted by Gasteiger charge is 2.27. The van der Waals surface area contributed by atoms with Gasteiger partial charge >= 0.3 is 11.9 Å². The highest BCUT2D eigenvalue weighted by molar-refractivity contribution is 7.91. The summed E-state index contributed by atoms with van der Waals surface area (Å²) in [5, 5.41) is 5.57. The Morgan fingerprint density at radius 3 is 1.32 bits per heavy atom. The van der Waals surface area contributed by atoms with Crippen molar-refractivity contribution in [2.75, 3.05) is 23.8 Å². The first-order valence-corrected chi connectivity index (χ1v) is 18.4. The fourth-order valence-electron chi connectivity index (χ4n) is 5.72.